The number of amides is 4. The number of aryl methyl sites for hydroxylation is 1. The molecule has 25 heavy (non-hydrogen) atoms. The van der Waals surface area contributed by atoms with Crippen molar-refractivity contribution in [1.82, 2.24) is 15.5 Å². The smallest absolute Gasteiger partial charge is 0.325 e. The lowest BCUT2D eigenvalue weighted by atomic mass is 9.88. The monoisotopic (exact) mass is 345 g/mol. The van der Waals surface area contributed by atoms with Crippen LogP contribution >= 0.6 is 0 Å². The predicted octanol–water partition coefficient (Wildman–Crippen LogP) is 2.39. The SMILES string of the molecule is CCc1ccc(C(C)NC(=O)CN2C(=O)NC(C)(C(C)C)C2=O)cc1. The van der Waals surface area contributed by atoms with Crippen LogP contribution in [0.5, 0.6) is 0 Å². The van der Waals surface area contributed by atoms with Crippen molar-refractivity contribution in [3.63, 3.8) is 0 Å². The van der Waals surface area contributed by atoms with Gasteiger partial charge in [-0.25, -0.2) is 4.79 Å². The molecule has 0 saturated carbocycles. The van der Waals surface area contributed by atoms with Gasteiger partial charge in [-0.2, -0.15) is 0 Å². The summed E-state index contributed by atoms with van der Waals surface area (Å²) in [6, 6.07) is 7.31. The maximum absolute atomic E-state index is 12.5. The molecule has 0 aromatic heterocycles. The Balaban J connectivity index is 1.99. The Bertz CT molecular complexity index is 669. The third-order valence-corrected chi connectivity index (χ3v) is 5.02. The van der Waals surface area contributed by atoms with E-state index in [1.165, 1.54) is 5.56 Å². The molecule has 6 nitrogen and oxygen atoms in total. The molecule has 0 radical (unpaired) electrons. The summed E-state index contributed by atoms with van der Waals surface area (Å²) >= 11 is 0. The summed E-state index contributed by atoms with van der Waals surface area (Å²) in [5.41, 5.74) is 1.25. The molecule has 136 valence electrons. The molecule has 2 atom stereocenters. The van der Waals surface area contributed by atoms with E-state index in [0.29, 0.717) is 0 Å². The molecule has 2 unspecified atom stereocenters. The van der Waals surface area contributed by atoms with Crippen molar-refractivity contribution < 1.29 is 14.4 Å². The minimum absolute atomic E-state index is 0.0620. The van der Waals surface area contributed by atoms with Gasteiger partial charge in [-0.05, 0) is 37.3 Å². The number of rotatable bonds is 6. The van der Waals surface area contributed by atoms with Gasteiger partial charge in [-0.1, -0.05) is 45.0 Å². The first-order valence-corrected chi connectivity index (χ1v) is 8.71. The predicted molar refractivity (Wildman–Crippen MR) is 95.9 cm³/mol. The highest BCUT2D eigenvalue weighted by Crippen LogP contribution is 2.25. The Morgan fingerprint density at radius 3 is 2.28 bits per heavy atom. The number of imide groups is 1. The molecule has 2 N–H and O–H groups in total. The molecule has 1 aromatic carbocycles. The van der Waals surface area contributed by atoms with Gasteiger partial charge >= 0.3 is 6.03 Å². The maximum Gasteiger partial charge on any atom is 0.325 e. The Labute approximate surface area is 149 Å². The molecule has 4 amide bonds. The summed E-state index contributed by atoms with van der Waals surface area (Å²) < 4.78 is 0. The summed E-state index contributed by atoms with van der Waals surface area (Å²) in [6.45, 7) is 9.11. The van der Waals surface area contributed by atoms with Crippen molar-refractivity contribution in [3.05, 3.63) is 35.4 Å². The summed E-state index contributed by atoms with van der Waals surface area (Å²) in [6.07, 6.45) is 0.960. The molecule has 1 heterocycles. The Morgan fingerprint density at radius 2 is 1.80 bits per heavy atom. The second kappa shape index (κ2) is 7.25. The van der Waals surface area contributed by atoms with Gasteiger partial charge in [0.2, 0.25) is 5.91 Å². The molecule has 1 aliphatic heterocycles. The number of nitrogens with one attached hydrogen (secondary N) is 2. The highest BCUT2D eigenvalue weighted by atomic mass is 16.2. The van der Waals surface area contributed by atoms with E-state index in [4.69, 9.17) is 0 Å². The topological polar surface area (TPSA) is 78.5 Å². The van der Waals surface area contributed by atoms with Crippen LogP contribution in [0.4, 0.5) is 4.79 Å². The van der Waals surface area contributed by atoms with Crippen molar-refractivity contribution in [1.29, 1.82) is 0 Å². The first-order valence-electron chi connectivity index (χ1n) is 8.71. The lowest BCUT2D eigenvalue weighted by molar-refractivity contribution is -0.135. The van der Waals surface area contributed by atoms with Gasteiger partial charge < -0.3 is 10.6 Å². The first-order chi connectivity index (χ1) is 11.7. The van der Waals surface area contributed by atoms with Crippen molar-refractivity contribution in [2.75, 3.05) is 6.54 Å². The van der Waals surface area contributed by atoms with Crippen LogP contribution in [0.15, 0.2) is 24.3 Å². The lowest BCUT2D eigenvalue weighted by Gasteiger charge is -2.25. The number of hydrogen-bond donors (Lipinski definition) is 2. The molecule has 2 rings (SSSR count). The summed E-state index contributed by atoms with van der Waals surface area (Å²) in [5, 5.41) is 5.54. The molecular weight excluding hydrogens is 318 g/mol. The van der Waals surface area contributed by atoms with E-state index in [1.807, 2.05) is 45.0 Å². The molecule has 6 heteroatoms. The van der Waals surface area contributed by atoms with Gasteiger partial charge in [0.25, 0.3) is 5.91 Å². The fraction of sp³-hybridized carbons (Fsp3) is 0.526. The summed E-state index contributed by atoms with van der Waals surface area (Å²) in [5.74, 6) is -0.779. The number of carbonyl (C=O) groups excluding carboxylic acids is 3. The summed E-state index contributed by atoms with van der Waals surface area (Å²) in [4.78, 5) is 37.9. The highest BCUT2D eigenvalue weighted by Gasteiger charge is 2.50. The van der Waals surface area contributed by atoms with E-state index >= 15 is 0 Å². The van der Waals surface area contributed by atoms with E-state index in [-0.39, 0.29) is 30.3 Å². The number of urea groups is 1. The quantitative estimate of drug-likeness (QED) is 0.777. The molecule has 1 aliphatic rings. The number of nitrogens with zero attached hydrogens (tertiary/aromatic N) is 1. The molecule has 0 bridgehead atoms. The number of benzene rings is 1. The lowest BCUT2D eigenvalue weighted by Crippen LogP contribution is -2.49. The maximum atomic E-state index is 12.5. The third kappa shape index (κ3) is 3.83. The second-order valence-corrected chi connectivity index (χ2v) is 7.06. The third-order valence-electron chi connectivity index (χ3n) is 5.02. The van der Waals surface area contributed by atoms with Crippen molar-refractivity contribution in [2.24, 2.45) is 5.92 Å². The Morgan fingerprint density at radius 1 is 1.20 bits per heavy atom. The number of carbonyl (C=O) groups is 3. The molecule has 1 fully saturated rings. The first kappa shape index (κ1) is 19.0. The average Bonchev–Trinajstić information content (AvgIpc) is 2.79. The van der Waals surface area contributed by atoms with Crippen LogP contribution in [0, 0.1) is 5.92 Å². The summed E-state index contributed by atoms with van der Waals surface area (Å²) in [7, 11) is 0. The van der Waals surface area contributed by atoms with Gasteiger partial charge in [-0.3, -0.25) is 14.5 Å². The van der Waals surface area contributed by atoms with Crippen molar-refractivity contribution >= 4 is 17.8 Å². The number of hydrogen-bond acceptors (Lipinski definition) is 3. The van der Waals surface area contributed by atoms with Gasteiger partial charge in [0.05, 0.1) is 6.04 Å². The van der Waals surface area contributed by atoms with Crippen molar-refractivity contribution in [3.8, 4) is 0 Å². The van der Waals surface area contributed by atoms with E-state index in [1.54, 1.807) is 6.92 Å². The molecular formula is C19H27N3O3. The second-order valence-electron chi connectivity index (χ2n) is 7.06. The van der Waals surface area contributed by atoms with Crippen LogP contribution in [0.2, 0.25) is 0 Å². The minimum Gasteiger partial charge on any atom is -0.348 e. The largest absolute Gasteiger partial charge is 0.348 e. The van der Waals surface area contributed by atoms with E-state index in [9.17, 15) is 14.4 Å². The van der Waals surface area contributed by atoms with Gasteiger partial charge in [0, 0.05) is 0 Å². The zero-order valence-corrected chi connectivity index (χ0v) is 15.6. The minimum atomic E-state index is -0.959. The fourth-order valence-corrected chi connectivity index (χ4v) is 2.81. The van der Waals surface area contributed by atoms with Gasteiger partial charge in [0.15, 0.2) is 0 Å². The fourth-order valence-electron chi connectivity index (χ4n) is 2.81. The zero-order valence-electron chi connectivity index (χ0n) is 15.6. The molecule has 1 aromatic rings. The Hall–Kier alpha value is -2.37. The molecule has 0 aliphatic carbocycles. The standard InChI is InChI=1S/C19H27N3O3/c1-6-14-7-9-15(10-8-14)13(4)20-16(23)11-22-17(24)19(5,12(2)3)21-18(22)25/h7-10,12-13H,6,11H2,1-5H3,(H,20,23)(H,21,25). The van der Waals surface area contributed by atoms with E-state index < -0.39 is 11.6 Å². The Kier molecular flexibility index (Phi) is 5.50. The van der Waals surface area contributed by atoms with Crippen LogP contribution < -0.4 is 10.6 Å². The van der Waals surface area contributed by atoms with Crippen molar-refractivity contribution in [2.45, 2.75) is 52.6 Å². The molecule has 0 spiro atoms. The van der Waals surface area contributed by atoms with Crippen LogP contribution in [-0.4, -0.2) is 34.8 Å². The van der Waals surface area contributed by atoms with Crippen LogP contribution in [0.25, 0.3) is 0 Å². The van der Waals surface area contributed by atoms with Crippen LogP contribution in [0.3, 0.4) is 0 Å². The van der Waals surface area contributed by atoms with Crippen LogP contribution in [0.1, 0.15) is 51.8 Å². The van der Waals surface area contributed by atoms with E-state index in [2.05, 4.69) is 17.6 Å². The zero-order chi connectivity index (χ0) is 18.8. The highest BCUT2D eigenvalue weighted by molar-refractivity contribution is 6.08. The average molecular weight is 345 g/mol. The van der Waals surface area contributed by atoms with E-state index in [0.717, 1.165) is 16.9 Å². The normalized spacial score (nSPS) is 21.4. The van der Waals surface area contributed by atoms with Crippen LogP contribution in [-0.2, 0) is 16.0 Å². The van der Waals surface area contributed by atoms with Gasteiger partial charge in [-0.15, -0.1) is 0 Å². The molecule has 1 saturated heterocycles. The van der Waals surface area contributed by atoms with Gasteiger partial charge in [0.1, 0.15) is 12.1 Å².